The van der Waals surface area contributed by atoms with E-state index in [2.05, 4.69) is 5.73 Å². The summed E-state index contributed by atoms with van der Waals surface area (Å²) < 4.78 is 26.1. The highest BCUT2D eigenvalue weighted by Gasteiger charge is 2.30. The molecule has 0 aliphatic carbocycles. The van der Waals surface area contributed by atoms with Gasteiger partial charge in [-0.3, -0.25) is 0 Å². The fraction of sp³-hybridized carbons (Fsp3) is 0.500. The van der Waals surface area contributed by atoms with E-state index in [0.717, 1.165) is 17.7 Å². The highest BCUT2D eigenvalue weighted by Crippen LogP contribution is 2.33. The predicted octanol–water partition coefficient (Wildman–Crippen LogP) is 2.06. The van der Waals surface area contributed by atoms with E-state index in [4.69, 9.17) is 0 Å². The fourth-order valence-corrected chi connectivity index (χ4v) is 4.49. The lowest BCUT2D eigenvalue weighted by molar-refractivity contribution is 0.485. The van der Waals surface area contributed by atoms with Crippen molar-refractivity contribution in [2.24, 2.45) is 0 Å². The highest BCUT2D eigenvalue weighted by molar-refractivity contribution is 8.20. The number of allylic oxidation sites excluding steroid dienone is 3. The van der Waals surface area contributed by atoms with Crippen LogP contribution in [0.15, 0.2) is 27.0 Å². The van der Waals surface area contributed by atoms with Gasteiger partial charge in [0.2, 0.25) is 0 Å². The summed E-state index contributed by atoms with van der Waals surface area (Å²) in [6.45, 7) is 3.20. The molecule has 2 aliphatic rings. The van der Waals surface area contributed by atoms with Crippen molar-refractivity contribution in [3.8, 4) is 0 Å². The molecule has 0 aromatic rings. The summed E-state index contributed by atoms with van der Waals surface area (Å²) in [5, 5.41) is 0. The SMILES string of the molecule is CC1=CC=C=C(S(=O)(=O)N2CCCC2)S1. The van der Waals surface area contributed by atoms with Gasteiger partial charge in [-0.2, -0.15) is 4.31 Å². The third kappa shape index (κ3) is 2.21. The van der Waals surface area contributed by atoms with Crippen LogP contribution < -0.4 is 0 Å². The summed E-state index contributed by atoms with van der Waals surface area (Å²) in [6.07, 6.45) is 5.48. The van der Waals surface area contributed by atoms with Crippen LogP contribution in [0.5, 0.6) is 0 Å². The van der Waals surface area contributed by atoms with Crippen molar-refractivity contribution in [1.29, 1.82) is 0 Å². The minimum Gasteiger partial charge on any atom is -0.206 e. The average molecular weight is 243 g/mol. The molecule has 3 nitrogen and oxygen atoms in total. The van der Waals surface area contributed by atoms with Crippen LogP contribution in [0.1, 0.15) is 19.8 Å². The van der Waals surface area contributed by atoms with Gasteiger partial charge in [0.25, 0.3) is 10.0 Å². The van der Waals surface area contributed by atoms with Gasteiger partial charge in [0.15, 0.2) is 4.24 Å². The van der Waals surface area contributed by atoms with Gasteiger partial charge in [-0.05, 0) is 36.8 Å². The molecule has 5 heteroatoms. The molecule has 82 valence electrons. The standard InChI is InChI=1S/C10H13NO2S2/c1-9-5-4-6-10(14-9)15(12,13)11-7-2-3-8-11/h4-5H,2-3,7-8H2,1H3. The monoisotopic (exact) mass is 243 g/mol. The van der Waals surface area contributed by atoms with Crippen LogP contribution in [-0.4, -0.2) is 25.8 Å². The number of sulfonamides is 1. The Morgan fingerprint density at radius 2 is 2.07 bits per heavy atom. The van der Waals surface area contributed by atoms with Crippen LogP contribution in [0.2, 0.25) is 0 Å². The molecule has 0 aromatic carbocycles. The normalized spacial score (nSPS) is 22.7. The van der Waals surface area contributed by atoms with Gasteiger partial charge in [0, 0.05) is 13.1 Å². The lowest BCUT2D eigenvalue weighted by Gasteiger charge is -2.17. The second-order valence-corrected chi connectivity index (χ2v) is 6.98. The highest BCUT2D eigenvalue weighted by atomic mass is 32.3. The molecule has 0 N–H and O–H groups in total. The van der Waals surface area contributed by atoms with Gasteiger partial charge in [0.05, 0.1) is 0 Å². The molecule has 0 spiro atoms. The van der Waals surface area contributed by atoms with Gasteiger partial charge >= 0.3 is 0 Å². The van der Waals surface area contributed by atoms with Gasteiger partial charge in [-0.25, -0.2) is 8.42 Å². The van der Waals surface area contributed by atoms with Crippen molar-refractivity contribution >= 4 is 21.8 Å². The Bertz CT molecular complexity index is 450. The number of thioether (sulfide) groups is 1. The predicted molar refractivity (Wildman–Crippen MR) is 62.7 cm³/mol. The third-order valence-corrected chi connectivity index (χ3v) is 5.69. The smallest absolute Gasteiger partial charge is 0.206 e. The molecule has 0 unspecified atom stereocenters. The molecular weight excluding hydrogens is 230 g/mol. The van der Waals surface area contributed by atoms with Crippen molar-refractivity contribution in [3.05, 3.63) is 27.0 Å². The summed E-state index contributed by atoms with van der Waals surface area (Å²) in [7, 11) is -3.26. The van der Waals surface area contributed by atoms with E-state index in [1.165, 1.54) is 11.8 Å². The first-order valence-electron chi connectivity index (χ1n) is 4.92. The van der Waals surface area contributed by atoms with Crippen LogP contribution >= 0.6 is 11.8 Å². The maximum Gasteiger partial charge on any atom is 0.256 e. The fourth-order valence-electron chi connectivity index (χ4n) is 1.61. The van der Waals surface area contributed by atoms with Crippen LogP contribution in [0, 0.1) is 0 Å². The van der Waals surface area contributed by atoms with Crippen molar-refractivity contribution in [3.63, 3.8) is 0 Å². The van der Waals surface area contributed by atoms with Crippen LogP contribution in [0.25, 0.3) is 0 Å². The molecule has 0 amide bonds. The number of rotatable bonds is 2. The summed E-state index contributed by atoms with van der Waals surface area (Å²) >= 11 is 1.29. The molecule has 15 heavy (non-hydrogen) atoms. The zero-order chi connectivity index (χ0) is 10.9. The summed E-state index contributed by atoms with van der Waals surface area (Å²) in [4.78, 5) is 0.992. The maximum atomic E-state index is 12.1. The van der Waals surface area contributed by atoms with Gasteiger partial charge < -0.3 is 0 Å². The van der Waals surface area contributed by atoms with E-state index in [0.29, 0.717) is 17.3 Å². The lowest BCUT2D eigenvalue weighted by Crippen LogP contribution is -2.28. The minimum atomic E-state index is -3.26. The van der Waals surface area contributed by atoms with Gasteiger partial charge in [-0.1, -0.05) is 17.5 Å². The molecule has 1 fully saturated rings. The Morgan fingerprint density at radius 3 is 2.67 bits per heavy atom. The number of hydrogen-bond donors (Lipinski definition) is 0. The van der Waals surface area contributed by atoms with E-state index >= 15 is 0 Å². The zero-order valence-electron chi connectivity index (χ0n) is 8.56. The molecule has 0 bridgehead atoms. The Balaban J connectivity index is 2.27. The quantitative estimate of drug-likeness (QED) is 0.697. The first-order valence-corrected chi connectivity index (χ1v) is 7.18. The van der Waals surface area contributed by atoms with E-state index in [9.17, 15) is 8.42 Å². The molecule has 2 heterocycles. The summed E-state index contributed by atoms with van der Waals surface area (Å²) in [5.41, 5.74) is 2.82. The molecule has 0 atom stereocenters. The van der Waals surface area contributed by atoms with Crippen LogP contribution in [-0.2, 0) is 10.0 Å². The Morgan fingerprint density at radius 1 is 1.40 bits per heavy atom. The molecule has 2 aliphatic heterocycles. The number of hydrogen-bond acceptors (Lipinski definition) is 3. The van der Waals surface area contributed by atoms with Crippen molar-refractivity contribution < 1.29 is 8.42 Å². The third-order valence-electron chi connectivity index (χ3n) is 2.41. The average Bonchev–Trinajstić information content (AvgIpc) is 2.71. The second kappa shape index (κ2) is 4.18. The first-order chi connectivity index (χ1) is 7.10. The van der Waals surface area contributed by atoms with Gasteiger partial charge in [0.1, 0.15) is 0 Å². The van der Waals surface area contributed by atoms with E-state index < -0.39 is 10.0 Å². The Hall–Kier alpha value is -0.480. The molecule has 0 aromatic heterocycles. The number of nitrogens with zero attached hydrogens (tertiary/aromatic N) is 1. The van der Waals surface area contributed by atoms with Crippen molar-refractivity contribution in [2.75, 3.05) is 13.1 Å². The molecule has 0 radical (unpaired) electrons. The van der Waals surface area contributed by atoms with Gasteiger partial charge in [-0.15, -0.1) is 0 Å². The van der Waals surface area contributed by atoms with E-state index in [1.54, 1.807) is 10.4 Å². The lowest BCUT2D eigenvalue weighted by atomic mass is 10.4. The maximum absolute atomic E-state index is 12.1. The molecular formula is C10H13NO2S2. The largest absolute Gasteiger partial charge is 0.256 e. The van der Waals surface area contributed by atoms with Crippen molar-refractivity contribution in [2.45, 2.75) is 19.8 Å². The van der Waals surface area contributed by atoms with Crippen molar-refractivity contribution in [1.82, 2.24) is 4.31 Å². The first kappa shape index (κ1) is 11.0. The molecule has 2 rings (SSSR count). The summed E-state index contributed by atoms with van der Waals surface area (Å²) in [6, 6.07) is 0. The Kier molecular flexibility index (Phi) is 3.07. The van der Waals surface area contributed by atoms with Crippen LogP contribution in [0.3, 0.4) is 0 Å². The summed E-state index contributed by atoms with van der Waals surface area (Å²) in [5.74, 6) is 0. The van der Waals surface area contributed by atoms with E-state index in [1.807, 2.05) is 13.0 Å². The minimum absolute atomic E-state index is 0.337. The topological polar surface area (TPSA) is 37.4 Å². The Labute approximate surface area is 94.6 Å². The zero-order valence-corrected chi connectivity index (χ0v) is 10.2. The van der Waals surface area contributed by atoms with E-state index in [-0.39, 0.29) is 0 Å². The molecule has 0 saturated carbocycles. The second-order valence-electron chi connectivity index (χ2n) is 3.59. The van der Waals surface area contributed by atoms with Crippen LogP contribution in [0.4, 0.5) is 0 Å². The molecule has 1 saturated heterocycles.